The number of carbonyl (C=O) groups excluding carboxylic acids is 2. The summed E-state index contributed by atoms with van der Waals surface area (Å²) in [6.45, 7) is 0.279. The average Bonchev–Trinajstić information content (AvgIpc) is 3.36. The van der Waals surface area contributed by atoms with Gasteiger partial charge in [0, 0.05) is 6.04 Å². The van der Waals surface area contributed by atoms with Crippen LogP contribution in [-0.2, 0) is 22.7 Å². The molecule has 0 radical (unpaired) electrons. The third-order valence-corrected chi connectivity index (χ3v) is 5.59. The number of amides is 2. The first-order chi connectivity index (χ1) is 15.7. The number of nitrogens with zero attached hydrogens (tertiary/aromatic N) is 4. The number of benzene rings is 2. The quantitative estimate of drug-likeness (QED) is 0.465. The van der Waals surface area contributed by atoms with Crippen molar-refractivity contribution in [1.82, 2.24) is 25.2 Å². The van der Waals surface area contributed by atoms with Gasteiger partial charge in [-0.25, -0.2) is 4.68 Å². The van der Waals surface area contributed by atoms with Gasteiger partial charge in [0.05, 0.1) is 18.3 Å². The molecule has 1 N–H and O–H groups in total. The van der Waals surface area contributed by atoms with E-state index in [1.807, 2.05) is 54.6 Å². The lowest BCUT2D eigenvalue weighted by molar-refractivity contribution is -0.142. The first kappa shape index (κ1) is 20.0. The maximum absolute atomic E-state index is 13.5. The van der Waals surface area contributed by atoms with E-state index in [1.54, 1.807) is 28.0 Å². The minimum atomic E-state index is -0.735. The van der Waals surface area contributed by atoms with Gasteiger partial charge in [0.2, 0.25) is 11.8 Å². The Morgan fingerprint density at radius 3 is 2.59 bits per heavy atom. The Morgan fingerprint density at radius 2 is 1.84 bits per heavy atom. The summed E-state index contributed by atoms with van der Waals surface area (Å²) in [6, 6.07) is 19.8. The highest BCUT2D eigenvalue weighted by Crippen LogP contribution is 2.35. The van der Waals surface area contributed by atoms with E-state index in [-0.39, 0.29) is 30.9 Å². The second-order valence-corrected chi connectivity index (χ2v) is 7.88. The molecular weight excluding hydrogens is 406 g/mol. The Bertz CT molecular complexity index is 1210. The molecule has 1 aliphatic carbocycles. The summed E-state index contributed by atoms with van der Waals surface area (Å²) >= 11 is 0. The van der Waals surface area contributed by atoms with Crippen LogP contribution in [-0.4, -0.2) is 37.7 Å². The minimum absolute atomic E-state index is 0.0197. The number of carbonyl (C=O) groups is 2. The van der Waals surface area contributed by atoms with Crippen molar-refractivity contribution < 1.29 is 14.0 Å². The highest BCUT2D eigenvalue weighted by Gasteiger charge is 2.41. The molecule has 1 fully saturated rings. The number of aromatic nitrogens is 3. The summed E-state index contributed by atoms with van der Waals surface area (Å²) in [7, 11) is 0. The van der Waals surface area contributed by atoms with Gasteiger partial charge >= 0.3 is 0 Å². The Morgan fingerprint density at radius 1 is 1.06 bits per heavy atom. The summed E-state index contributed by atoms with van der Waals surface area (Å²) in [5, 5.41) is 11.2. The second-order valence-electron chi connectivity index (χ2n) is 7.88. The van der Waals surface area contributed by atoms with E-state index in [2.05, 4.69) is 15.6 Å². The molecule has 32 heavy (non-hydrogen) atoms. The molecule has 2 heterocycles. The second kappa shape index (κ2) is 8.66. The van der Waals surface area contributed by atoms with Gasteiger partial charge in [-0.15, -0.1) is 5.10 Å². The van der Waals surface area contributed by atoms with E-state index in [9.17, 15) is 9.59 Å². The first-order valence-electron chi connectivity index (χ1n) is 10.6. The van der Waals surface area contributed by atoms with Gasteiger partial charge in [0.25, 0.3) is 0 Å². The summed E-state index contributed by atoms with van der Waals surface area (Å²) in [5.74, 6) is 0.255. The first-order valence-corrected chi connectivity index (χ1v) is 10.6. The van der Waals surface area contributed by atoms with Gasteiger partial charge in [-0.3, -0.25) is 9.59 Å². The third kappa shape index (κ3) is 4.12. The summed E-state index contributed by atoms with van der Waals surface area (Å²) < 4.78 is 6.93. The summed E-state index contributed by atoms with van der Waals surface area (Å²) in [5.41, 5.74) is 2.29. The monoisotopic (exact) mass is 429 g/mol. The predicted molar refractivity (Wildman–Crippen MR) is 117 cm³/mol. The van der Waals surface area contributed by atoms with Crippen LogP contribution >= 0.6 is 0 Å². The maximum Gasteiger partial charge on any atom is 0.247 e. The van der Waals surface area contributed by atoms with Crippen molar-refractivity contribution in [2.75, 3.05) is 0 Å². The fourth-order valence-corrected chi connectivity index (χ4v) is 3.91. The van der Waals surface area contributed by atoms with Crippen molar-refractivity contribution >= 4 is 22.8 Å². The minimum Gasteiger partial charge on any atom is -0.467 e. The average molecular weight is 429 g/mol. The molecule has 0 aliphatic heterocycles. The molecule has 1 unspecified atom stereocenters. The molecule has 1 atom stereocenters. The van der Waals surface area contributed by atoms with Crippen LogP contribution < -0.4 is 5.32 Å². The zero-order valence-electron chi connectivity index (χ0n) is 17.4. The number of para-hydroxylation sites is 1. The van der Waals surface area contributed by atoms with Crippen LogP contribution in [0.5, 0.6) is 0 Å². The van der Waals surface area contributed by atoms with Crippen LogP contribution in [0, 0.1) is 0 Å². The number of nitrogens with one attached hydrogen (secondary N) is 1. The van der Waals surface area contributed by atoms with Crippen molar-refractivity contribution in [2.24, 2.45) is 0 Å². The third-order valence-electron chi connectivity index (χ3n) is 5.59. The van der Waals surface area contributed by atoms with E-state index in [1.165, 1.54) is 0 Å². The zero-order chi connectivity index (χ0) is 21.9. The molecule has 1 aliphatic rings. The van der Waals surface area contributed by atoms with Crippen LogP contribution in [0.4, 0.5) is 0 Å². The van der Waals surface area contributed by atoms with Crippen LogP contribution in [0.2, 0.25) is 0 Å². The maximum atomic E-state index is 13.5. The standard InChI is InChI=1S/C24H23N5O3/c30-22(16-28-21-11-5-4-10-20(21)26-27-28)29(18-12-13-18)23(17-7-2-1-3-8-17)24(31)25-15-19-9-6-14-32-19/h1-11,14,18,23H,12-13,15-16H2,(H,25,31). The fourth-order valence-electron chi connectivity index (χ4n) is 3.91. The Balaban J connectivity index is 1.43. The van der Waals surface area contributed by atoms with Crippen molar-refractivity contribution in [3.8, 4) is 0 Å². The van der Waals surface area contributed by atoms with Crippen molar-refractivity contribution in [2.45, 2.75) is 38.0 Å². The molecule has 1 saturated carbocycles. The highest BCUT2D eigenvalue weighted by atomic mass is 16.3. The largest absolute Gasteiger partial charge is 0.467 e. The van der Waals surface area contributed by atoms with Gasteiger partial charge in [0.1, 0.15) is 23.9 Å². The van der Waals surface area contributed by atoms with Gasteiger partial charge in [-0.05, 0) is 42.7 Å². The van der Waals surface area contributed by atoms with Gasteiger partial charge in [-0.2, -0.15) is 0 Å². The fraction of sp³-hybridized carbons (Fsp3) is 0.250. The number of furan rings is 1. The Labute approximate surface area is 184 Å². The summed E-state index contributed by atoms with van der Waals surface area (Å²) in [6.07, 6.45) is 3.32. The topological polar surface area (TPSA) is 93.3 Å². The predicted octanol–water partition coefficient (Wildman–Crippen LogP) is 3.07. The van der Waals surface area contributed by atoms with Crippen molar-refractivity contribution in [1.29, 1.82) is 0 Å². The molecule has 0 saturated heterocycles. The lowest BCUT2D eigenvalue weighted by Crippen LogP contribution is -2.46. The Kier molecular flexibility index (Phi) is 5.41. The smallest absolute Gasteiger partial charge is 0.247 e. The van der Waals surface area contributed by atoms with E-state index in [4.69, 9.17) is 4.42 Å². The summed E-state index contributed by atoms with van der Waals surface area (Å²) in [4.78, 5) is 28.6. The molecule has 0 spiro atoms. The van der Waals surface area contributed by atoms with Gasteiger partial charge < -0.3 is 14.6 Å². The van der Waals surface area contributed by atoms with Crippen LogP contribution in [0.15, 0.2) is 77.4 Å². The number of fused-ring (bicyclic) bond motifs is 1. The van der Waals surface area contributed by atoms with E-state index < -0.39 is 6.04 Å². The zero-order valence-corrected chi connectivity index (χ0v) is 17.4. The van der Waals surface area contributed by atoms with Gasteiger partial charge in [-0.1, -0.05) is 47.7 Å². The van der Waals surface area contributed by atoms with E-state index in [0.29, 0.717) is 5.76 Å². The SMILES string of the molecule is O=C(NCc1ccco1)C(c1ccccc1)N(C(=O)Cn1nnc2ccccc21)C1CC1. The molecule has 4 aromatic rings. The molecule has 0 bridgehead atoms. The lowest BCUT2D eigenvalue weighted by atomic mass is 10.0. The molecule has 5 rings (SSSR count). The molecule has 8 heteroatoms. The van der Waals surface area contributed by atoms with Crippen LogP contribution in [0.1, 0.15) is 30.2 Å². The molecule has 2 aromatic heterocycles. The molecule has 8 nitrogen and oxygen atoms in total. The molecular formula is C24H23N5O3. The Hall–Kier alpha value is -3.94. The van der Waals surface area contributed by atoms with E-state index in [0.717, 1.165) is 29.4 Å². The van der Waals surface area contributed by atoms with Crippen LogP contribution in [0.25, 0.3) is 11.0 Å². The van der Waals surface area contributed by atoms with Crippen molar-refractivity contribution in [3.63, 3.8) is 0 Å². The van der Waals surface area contributed by atoms with E-state index >= 15 is 0 Å². The lowest BCUT2D eigenvalue weighted by Gasteiger charge is -2.31. The number of rotatable bonds is 8. The van der Waals surface area contributed by atoms with Crippen LogP contribution in [0.3, 0.4) is 0 Å². The molecule has 2 aromatic carbocycles. The normalized spacial score (nSPS) is 14.2. The number of hydrogen-bond donors (Lipinski definition) is 1. The number of hydrogen-bond acceptors (Lipinski definition) is 5. The highest BCUT2D eigenvalue weighted by molar-refractivity contribution is 5.89. The molecule has 2 amide bonds. The van der Waals surface area contributed by atoms with Gasteiger partial charge in [0.15, 0.2) is 0 Å². The van der Waals surface area contributed by atoms with Crippen molar-refractivity contribution in [3.05, 3.63) is 84.3 Å². The molecule has 162 valence electrons.